The highest BCUT2D eigenvalue weighted by Crippen LogP contribution is 2.21. The zero-order valence-corrected chi connectivity index (χ0v) is 12.0. The molecule has 18 heavy (non-hydrogen) atoms. The zero-order chi connectivity index (χ0) is 12.8. The van der Waals surface area contributed by atoms with E-state index in [2.05, 4.69) is 16.7 Å². The molecule has 3 nitrogen and oxygen atoms in total. The Hall–Kier alpha value is -0.120. The number of aliphatic hydroxyl groups is 1. The molecule has 3 heteroatoms. The largest absolute Gasteiger partial charge is 0.396 e. The molecule has 1 N–H and O–H groups in total. The van der Waals surface area contributed by atoms with E-state index in [1.807, 2.05) is 0 Å². The van der Waals surface area contributed by atoms with Crippen molar-refractivity contribution in [2.45, 2.75) is 51.5 Å². The minimum atomic E-state index is 0.356. The first-order chi connectivity index (χ1) is 8.79. The summed E-state index contributed by atoms with van der Waals surface area (Å²) >= 11 is 0. The van der Waals surface area contributed by atoms with E-state index in [0.717, 1.165) is 18.4 Å². The summed E-state index contributed by atoms with van der Waals surface area (Å²) in [6.07, 6.45) is 7.63. The topological polar surface area (TPSA) is 26.7 Å². The molecule has 2 aliphatic heterocycles. The highest BCUT2D eigenvalue weighted by atomic mass is 16.2. The van der Waals surface area contributed by atoms with Crippen LogP contribution in [0.2, 0.25) is 0 Å². The summed E-state index contributed by atoms with van der Waals surface area (Å²) in [6.45, 7) is 9.11. The van der Waals surface area contributed by atoms with Crippen molar-refractivity contribution in [3.63, 3.8) is 0 Å². The Kier molecular flexibility index (Phi) is 5.93. The van der Waals surface area contributed by atoms with Gasteiger partial charge in [0.2, 0.25) is 0 Å². The summed E-state index contributed by atoms with van der Waals surface area (Å²) in [6, 6.07) is 0.751. The quantitative estimate of drug-likeness (QED) is 0.785. The van der Waals surface area contributed by atoms with Gasteiger partial charge in [-0.15, -0.1) is 0 Å². The van der Waals surface area contributed by atoms with Crippen LogP contribution in [-0.2, 0) is 0 Å². The predicted octanol–water partition coefficient (Wildman–Crippen LogP) is 1.96. The maximum absolute atomic E-state index is 8.94. The lowest BCUT2D eigenvalue weighted by molar-refractivity contribution is 0.149. The highest BCUT2D eigenvalue weighted by Gasteiger charge is 2.24. The Bertz CT molecular complexity index is 227. The number of piperidine rings is 1. The lowest BCUT2D eigenvalue weighted by atomic mass is 9.99. The monoisotopic (exact) mass is 254 g/mol. The first-order valence-corrected chi connectivity index (χ1v) is 7.87. The maximum atomic E-state index is 8.94. The first kappa shape index (κ1) is 14.3. The molecule has 2 saturated heterocycles. The van der Waals surface area contributed by atoms with Crippen LogP contribution in [0.4, 0.5) is 0 Å². The fourth-order valence-corrected chi connectivity index (χ4v) is 3.40. The van der Waals surface area contributed by atoms with E-state index in [0.29, 0.717) is 6.61 Å². The molecule has 0 radical (unpaired) electrons. The Morgan fingerprint density at radius 1 is 1.06 bits per heavy atom. The second-order valence-corrected chi connectivity index (χ2v) is 6.22. The Labute approximate surface area is 112 Å². The van der Waals surface area contributed by atoms with Crippen LogP contribution < -0.4 is 0 Å². The molecule has 0 aromatic rings. The van der Waals surface area contributed by atoms with E-state index in [1.54, 1.807) is 0 Å². The van der Waals surface area contributed by atoms with Crippen LogP contribution in [0.5, 0.6) is 0 Å². The second kappa shape index (κ2) is 7.46. The molecule has 0 saturated carbocycles. The molecule has 106 valence electrons. The molecule has 1 atom stereocenters. The van der Waals surface area contributed by atoms with Gasteiger partial charge < -0.3 is 10.0 Å². The van der Waals surface area contributed by atoms with E-state index >= 15 is 0 Å². The fraction of sp³-hybridized carbons (Fsp3) is 1.00. The van der Waals surface area contributed by atoms with Gasteiger partial charge in [-0.2, -0.15) is 0 Å². The predicted molar refractivity (Wildman–Crippen MR) is 75.8 cm³/mol. The number of hydrogen-bond donors (Lipinski definition) is 1. The lowest BCUT2D eigenvalue weighted by Crippen LogP contribution is -2.40. The molecule has 2 rings (SSSR count). The highest BCUT2D eigenvalue weighted by molar-refractivity contribution is 4.80. The number of rotatable bonds is 6. The van der Waals surface area contributed by atoms with Crippen molar-refractivity contribution >= 4 is 0 Å². The molecule has 0 bridgehead atoms. The van der Waals surface area contributed by atoms with Gasteiger partial charge in [-0.3, -0.25) is 4.90 Å². The average Bonchev–Trinajstić information content (AvgIpc) is 2.83. The normalized spacial score (nSPS) is 28.0. The fourth-order valence-electron chi connectivity index (χ4n) is 3.40. The SMILES string of the molecule is CC1CCN(CCN2CCCC2CCCO)CC1. The summed E-state index contributed by atoms with van der Waals surface area (Å²) in [4.78, 5) is 5.30. The summed E-state index contributed by atoms with van der Waals surface area (Å²) < 4.78 is 0. The van der Waals surface area contributed by atoms with E-state index in [4.69, 9.17) is 5.11 Å². The second-order valence-electron chi connectivity index (χ2n) is 6.22. The molecule has 1 unspecified atom stereocenters. The van der Waals surface area contributed by atoms with Crippen molar-refractivity contribution in [3.8, 4) is 0 Å². The summed E-state index contributed by atoms with van der Waals surface area (Å²) in [5.41, 5.74) is 0. The third kappa shape index (κ3) is 4.22. The maximum Gasteiger partial charge on any atom is 0.0431 e. The van der Waals surface area contributed by atoms with Crippen LogP contribution in [0.1, 0.15) is 45.4 Å². The molecule has 0 aromatic heterocycles. The first-order valence-electron chi connectivity index (χ1n) is 7.87. The van der Waals surface area contributed by atoms with Crippen LogP contribution in [0.3, 0.4) is 0 Å². The van der Waals surface area contributed by atoms with Crippen molar-refractivity contribution in [1.82, 2.24) is 9.80 Å². The van der Waals surface area contributed by atoms with E-state index in [9.17, 15) is 0 Å². The summed E-state index contributed by atoms with van der Waals surface area (Å²) in [5.74, 6) is 0.935. The van der Waals surface area contributed by atoms with Crippen molar-refractivity contribution < 1.29 is 5.11 Å². The number of likely N-dealkylation sites (tertiary alicyclic amines) is 2. The molecule has 0 spiro atoms. The van der Waals surface area contributed by atoms with Crippen molar-refractivity contribution in [2.24, 2.45) is 5.92 Å². The minimum absolute atomic E-state index is 0.356. The van der Waals surface area contributed by atoms with Crippen LogP contribution in [0.25, 0.3) is 0 Å². The van der Waals surface area contributed by atoms with Crippen molar-refractivity contribution in [1.29, 1.82) is 0 Å². The average molecular weight is 254 g/mol. The lowest BCUT2D eigenvalue weighted by Gasteiger charge is -2.33. The van der Waals surface area contributed by atoms with Gasteiger partial charge in [-0.05, 0) is 64.1 Å². The minimum Gasteiger partial charge on any atom is -0.396 e. The van der Waals surface area contributed by atoms with Crippen molar-refractivity contribution in [3.05, 3.63) is 0 Å². The van der Waals surface area contributed by atoms with Crippen LogP contribution >= 0.6 is 0 Å². The van der Waals surface area contributed by atoms with Crippen LogP contribution in [0.15, 0.2) is 0 Å². The standard InChI is InChI=1S/C15H30N2O/c1-14-6-9-16(10-7-14)11-12-17-8-2-4-15(17)5-3-13-18/h14-15,18H,2-13H2,1H3. The molecule has 2 aliphatic rings. The zero-order valence-electron chi connectivity index (χ0n) is 12.0. The van der Waals surface area contributed by atoms with E-state index < -0.39 is 0 Å². The number of nitrogens with zero attached hydrogens (tertiary/aromatic N) is 2. The van der Waals surface area contributed by atoms with Crippen LogP contribution in [-0.4, -0.2) is 60.3 Å². The molecule has 2 fully saturated rings. The van der Waals surface area contributed by atoms with Crippen molar-refractivity contribution in [2.75, 3.05) is 39.3 Å². The Morgan fingerprint density at radius 3 is 2.56 bits per heavy atom. The van der Waals surface area contributed by atoms with Gasteiger partial charge >= 0.3 is 0 Å². The molecular weight excluding hydrogens is 224 g/mol. The number of aliphatic hydroxyl groups excluding tert-OH is 1. The molecular formula is C15H30N2O. The van der Waals surface area contributed by atoms with Gasteiger partial charge in [0, 0.05) is 25.7 Å². The molecule has 2 heterocycles. The van der Waals surface area contributed by atoms with Gasteiger partial charge in [0.05, 0.1) is 0 Å². The molecule has 0 amide bonds. The van der Waals surface area contributed by atoms with Gasteiger partial charge in [-0.25, -0.2) is 0 Å². The number of hydrogen-bond acceptors (Lipinski definition) is 3. The smallest absolute Gasteiger partial charge is 0.0431 e. The Balaban J connectivity index is 1.65. The van der Waals surface area contributed by atoms with Crippen LogP contribution in [0, 0.1) is 5.92 Å². The van der Waals surface area contributed by atoms with E-state index in [1.165, 1.54) is 64.8 Å². The third-order valence-electron chi connectivity index (χ3n) is 4.77. The van der Waals surface area contributed by atoms with Gasteiger partial charge in [0.1, 0.15) is 0 Å². The summed E-state index contributed by atoms with van der Waals surface area (Å²) in [5, 5.41) is 8.94. The van der Waals surface area contributed by atoms with Gasteiger partial charge in [-0.1, -0.05) is 6.92 Å². The molecule has 0 aliphatic carbocycles. The van der Waals surface area contributed by atoms with Gasteiger partial charge in [0.15, 0.2) is 0 Å². The Morgan fingerprint density at radius 2 is 1.83 bits per heavy atom. The summed E-state index contributed by atoms with van der Waals surface area (Å²) in [7, 11) is 0. The van der Waals surface area contributed by atoms with Gasteiger partial charge in [0.25, 0.3) is 0 Å². The van der Waals surface area contributed by atoms with E-state index in [-0.39, 0.29) is 0 Å². The molecule has 0 aromatic carbocycles. The third-order valence-corrected chi connectivity index (χ3v) is 4.77.